The molecule has 0 spiro atoms. The van der Waals surface area contributed by atoms with Crippen LogP contribution in [0, 0.1) is 0 Å². The van der Waals surface area contributed by atoms with Gasteiger partial charge in [0.1, 0.15) is 23.7 Å². The third kappa shape index (κ3) is 3.16. The summed E-state index contributed by atoms with van der Waals surface area (Å²) < 4.78 is 0. The van der Waals surface area contributed by atoms with Crippen molar-refractivity contribution in [3.8, 4) is 5.75 Å². The van der Waals surface area contributed by atoms with E-state index in [1.807, 2.05) is 24.1 Å². The summed E-state index contributed by atoms with van der Waals surface area (Å²) in [6.45, 7) is 1.80. The van der Waals surface area contributed by atoms with Gasteiger partial charge in [0.05, 0.1) is 12.6 Å². The molecular weight excluding hydrogens is 330 g/mol. The van der Waals surface area contributed by atoms with Crippen molar-refractivity contribution in [2.45, 2.75) is 25.3 Å². The maximum Gasteiger partial charge on any atom is 0.241 e. The predicted octanol–water partition coefficient (Wildman–Crippen LogP) is 1.95. The quantitative estimate of drug-likeness (QED) is 0.878. The van der Waals surface area contributed by atoms with Crippen LogP contribution in [-0.2, 0) is 11.2 Å². The van der Waals surface area contributed by atoms with Gasteiger partial charge in [0.25, 0.3) is 0 Å². The summed E-state index contributed by atoms with van der Waals surface area (Å²) >= 11 is 0. The highest BCUT2D eigenvalue weighted by Crippen LogP contribution is 2.36. The number of piperazine rings is 1. The number of nitrogens with zero attached hydrogens (tertiary/aromatic N) is 4. The highest BCUT2D eigenvalue weighted by atomic mass is 16.3. The number of benzene rings is 1. The van der Waals surface area contributed by atoms with Crippen molar-refractivity contribution in [2.75, 3.05) is 36.9 Å². The lowest BCUT2D eigenvalue weighted by Crippen LogP contribution is -2.48. The van der Waals surface area contributed by atoms with Gasteiger partial charge in [-0.05, 0) is 36.5 Å². The highest BCUT2D eigenvalue weighted by Gasteiger charge is 2.24. The molecule has 1 aliphatic heterocycles. The Morgan fingerprint density at radius 2 is 2.15 bits per heavy atom. The lowest BCUT2D eigenvalue weighted by Gasteiger charge is -2.33. The normalized spacial score (nSPS) is 20.0. The minimum Gasteiger partial charge on any atom is -0.508 e. The standard InChI is InChI=1S/C19H23N5O2/c1-23-8-9-24(11-19(23)26)18-10-17(20-12-21-18)22-15-6-2-5-14-13(15)4-3-7-16(14)25/h3-4,7,10,12,15,25H,2,5-6,8-9,11H2,1H3,(H,20,21,22). The first-order valence-electron chi connectivity index (χ1n) is 9.00. The molecule has 1 aromatic carbocycles. The number of aromatic hydroxyl groups is 1. The summed E-state index contributed by atoms with van der Waals surface area (Å²) in [5.74, 6) is 1.97. The van der Waals surface area contributed by atoms with Gasteiger partial charge in [0.15, 0.2) is 0 Å². The summed E-state index contributed by atoms with van der Waals surface area (Å²) in [5, 5.41) is 13.6. The van der Waals surface area contributed by atoms with Crippen molar-refractivity contribution < 1.29 is 9.90 Å². The van der Waals surface area contributed by atoms with E-state index in [4.69, 9.17) is 0 Å². The number of nitrogens with one attached hydrogen (secondary N) is 1. The predicted molar refractivity (Wildman–Crippen MR) is 99.3 cm³/mol. The van der Waals surface area contributed by atoms with Gasteiger partial charge in [0, 0.05) is 26.2 Å². The number of fused-ring (bicyclic) bond motifs is 1. The number of likely N-dealkylation sites (N-methyl/N-ethyl adjacent to an activating group) is 1. The molecule has 0 radical (unpaired) electrons. The largest absolute Gasteiger partial charge is 0.508 e. The molecule has 2 aromatic rings. The van der Waals surface area contributed by atoms with Crippen LogP contribution in [0.25, 0.3) is 0 Å². The number of phenolic OH excluding ortho intramolecular Hbond substituents is 1. The molecule has 1 unspecified atom stereocenters. The topological polar surface area (TPSA) is 81.6 Å². The Bertz CT molecular complexity index is 825. The summed E-state index contributed by atoms with van der Waals surface area (Å²) in [7, 11) is 1.82. The van der Waals surface area contributed by atoms with E-state index >= 15 is 0 Å². The number of carbonyl (C=O) groups is 1. The Hall–Kier alpha value is -2.83. The van der Waals surface area contributed by atoms with Gasteiger partial charge in [-0.3, -0.25) is 4.79 Å². The average molecular weight is 353 g/mol. The molecule has 2 heterocycles. The number of phenols is 1. The van der Waals surface area contributed by atoms with Crippen LogP contribution >= 0.6 is 0 Å². The summed E-state index contributed by atoms with van der Waals surface area (Å²) in [6, 6.07) is 7.70. The Kier molecular flexibility index (Phi) is 4.36. The van der Waals surface area contributed by atoms with Crippen molar-refractivity contribution in [1.29, 1.82) is 0 Å². The number of rotatable bonds is 3. The van der Waals surface area contributed by atoms with Gasteiger partial charge in [-0.15, -0.1) is 0 Å². The number of carbonyl (C=O) groups excluding carboxylic acids is 1. The second-order valence-electron chi connectivity index (χ2n) is 6.93. The van der Waals surface area contributed by atoms with Gasteiger partial charge in [-0.2, -0.15) is 0 Å². The van der Waals surface area contributed by atoms with Crippen molar-refractivity contribution >= 4 is 17.5 Å². The van der Waals surface area contributed by atoms with E-state index in [2.05, 4.69) is 21.4 Å². The third-order valence-corrected chi connectivity index (χ3v) is 5.24. The molecule has 1 fully saturated rings. The van der Waals surface area contributed by atoms with E-state index in [-0.39, 0.29) is 11.9 Å². The molecule has 26 heavy (non-hydrogen) atoms. The van der Waals surface area contributed by atoms with E-state index in [1.54, 1.807) is 11.0 Å². The third-order valence-electron chi connectivity index (χ3n) is 5.24. The zero-order valence-electron chi connectivity index (χ0n) is 14.9. The van der Waals surface area contributed by atoms with E-state index in [9.17, 15) is 9.90 Å². The molecule has 7 heteroatoms. The molecule has 2 N–H and O–H groups in total. The monoisotopic (exact) mass is 353 g/mol. The summed E-state index contributed by atoms with van der Waals surface area (Å²) in [4.78, 5) is 24.4. The molecule has 1 atom stereocenters. The van der Waals surface area contributed by atoms with E-state index in [1.165, 1.54) is 6.33 Å². The molecule has 1 saturated heterocycles. The van der Waals surface area contributed by atoms with Crippen LogP contribution < -0.4 is 10.2 Å². The van der Waals surface area contributed by atoms with Crippen LogP contribution in [0.5, 0.6) is 5.75 Å². The Morgan fingerprint density at radius 1 is 1.27 bits per heavy atom. The zero-order chi connectivity index (χ0) is 18.1. The van der Waals surface area contributed by atoms with Crippen molar-refractivity contribution in [2.24, 2.45) is 0 Å². The minimum absolute atomic E-state index is 0.0982. The number of anilines is 2. The number of hydrogen-bond acceptors (Lipinski definition) is 6. The molecule has 136 valence electrons. The molecule has 7 nitrogen and oxygen atoms in total. The zero-order valence-corrected chi connectivity index (χ0v) is 14.9. The van der Waals surface area contributed by atoms with Crippen LogP contribution in [-0.4, -0.2) is 52.6 Å². The fraction of sp³-hybridized carbons (Fsp3) is 0.421. The van der Waals surface area contributed by atoms with E-state index in [0.29, 0.717) is 18.8 Å². The molecule has 1 aromatic heterocycles. The molecule has 1 aliphatic carbocycles. The second-order valence-corrected chi connectivity index (χ2v) is 6.93. The van der Waals surface area contributed by atoms with E-state index in [0.717, 1.165) is 48.6 Å². The van der Waals surface area contributed by atoms with Gasteiger partial charge >= 0.3 is 0 Å². The van der Waals surface area contributed by atoms with Crippen molar-refractivity contribution in [3.05, 3.63) is 41.7 Å². The lowest BCUT2D eigenvalue weighted by molar-refractivity contribution is -0.129. The molecule has 1 amide bonds. The molecular formula is C19H23N5O2. The Morgan fingerprint density at radius 3 is 3.00 bits per heavy atom. The SMILES string of the molecule is CN1CCN(c2cc(NC3CCCc4c(O)cccc43)ncn2)CC1=O. The Labute approximate surface area is 152 Å². The van der Waals surface area contributed by atoms with Crippen molar-refractivity contribution in [3.63, 3.8) is 0 Å². The molecule has 2 aliphatic rings. The Balaban J connectivity index is 1.54. The van der Waals surface area contributed by atoms with Gasteiger partial charge in [0.2, 0.25) is 5.91 Å². The van der Waals surface area contributed by atoms with Crippen LogP contribution in [0.1, 0.15) is 30.0 Å². The van der Waals surface area contributed by atoms with Gasteiger partial charge < -0.3 is 20.2 Å². The molecule has 0 saturated carbocycles. The molecule has 4 rings (SSSR count). The highest BCUT2D eigenvalue weighted by molar-refractivity contribution is 5.82. The second kappa shape index (κ2) is 6.82. The minimum atomic E-state index is 0.0982. The first kappa shape index (κ1) is 16.6. The first-order chi connectivity index (χ1) is 12.6. The average Bonchev–Trinajstić information content (AvgIpc) is 2.65. The molecule has 0 bridgehead atoms. The number of aromatic nitrogens is 2. The lowest BCUT2D eigenvalue weighted by atomic mass is 9.87. The van der Waals surface area contributed by atoms with Crippen LogP contribution in [0.4, 0.5) is 11.6 Å². The van der Waals surface area contributed by atoms with Crippen LogP contribution in [0.3, 0.4) is 0 Å². The fourth-order valence-electron chi connectivity index (χ4n) is 3.71. The van der Waals surface area contributed by atoms with Gasteiger partial charge in [-0.25, -0.2) is 9.97 Å². The van der Waals surface area contributed by atoms with Crippen molar-refractivity contribution in [1.82, 2.24) is 14.9 Å². The number of amides is 1. The van der Waals surface area contributed by atoms with Gasteiger partial charge in [-0.1, -0.05) is 12.1 Å². The van der Waals surface area contributed by atoms with Crippen LogP contribution in [0.15, 0.2) is 30.6 Å². The first-order valence-corrected chi connectivity index (χ1v) is 9.00. The van der Waals surface area contributed by atoms with E-state index < -0.39 is 0 Å². The summed E-state index contributed by atoms with van der Waals surface area (Å²) in [6.07, 6.45) is 4.45. The smallest absolute Gasteiger partial charge is 0.241 e. The maximum atomic E-state index is 12.0. The summed E-state index contributed by atoms with van der Waals surface area (Å²) in [5.41, 5.74) is 2.15. The van der Waals surface area contributed by atoms with Crippen LogP contribution in [0.2, 0.25) is 0 Å². The number of hydrogen-bond donors (Lipinski definition) is 2. The maximum absolute atomic E-state index is 12.0. The fourth-order valence-corrected chi connectivity index (χ4v) is 3.71.